The maximum absolute atomic E-state index is 13.5. The molecule has 1 aromatic heterocycles. The molecule has 3 fully saturated rings. The van der Waals surface area contributed by atoms with Crippen molar-refractivity contribution in [2.75, 3.05) is 34.2 Å². The molecular formula is C32H32O13S. The maximum atomic E-state index is 13.5. The zero-order valence-corrected chi connectivity index (χ0v) is 25.6. The van der Waals surface area contributed by atoms with Gasteiger partial charge in [-0.05, 0) is 52.4 Å². The SMILES string of the molecule is COc1cc([C@@H]2c3cc4c(cc3[C@@H](O[C@@H]3O[C@@H]5CO[C@H](c6cccs6)O[C@@H]5[C@H](O)[C@H]3O)[C@H]3COC(=O)[C@H]23)OCO4)cc(OC)c1O. The molecule has 46 heavy (non-hydrogen) atoms. The summed E-state index contributed by atoms with van der Waals surface area (Å²) in [4.78, 5) is 14.3. The lowest BCUT2D eigenvalue weighted by Crippen LogP contribution is -2.62. The highest BCUT2D eigenvalue weighted by Gasteiger charge is 2.56. The van der Waals surface area contributed by atoms with Crippen LogP contribution >= 0.6 is 11.3 Å². The van der Waals surface area contributed by atoms with Crippen LogP contribution in [0, 0.1) is 11.8 Å². The molecule has 5 aliphatic rings. The third-order valence-electron chi connectivity index (χ3n) is 9.37. The molecule has 4 aliphatic heterocycles. The number of aliphatic hydroxyl groups is 2. The number of fused-ring (bicyclic) bond motifs is 4. The van der Waals surface area contributed by atoms with Crippen molar-refractivity contribution in [3.63, 3.8) is 0 Å². The molecule has 5 heterocycles. The van der Waals surface area contributed by atoms with Crippen molar-refractivity contribution in [2.24, 2.45) is 11.8 Å². The topological polar surface area (TPSA) is 161 Å². The van der Waals surface area contributed by atoms with E-state index in [4.69, 9.17) is 42.6 Å². The molecule has 0 spiro atoms. The summed E-state index contributed by atoms with van der Waals surface area (Å²) in [6.45, 7) is 0.171. The van der Waals surface area contributed by atoms with Crippen LogP contribution in [0.4, 0.5) is 0 Å². The average molecular weight is 657 g/mol. The number of aromatic hydroxyl groups is 1. The Kier molecular flexibility index (Phi) is 7.48. The number of hydrogen-bond acceptors (Lipinski definition) is 14. The predicted octanol–water partition coefficient (Wildman–Crippen LogP) is 2.75. The molecule has 10 atom stereocenters. The highest BCUT2D eigenvalue weighted by molar-refractivity contribution is 7.10. The van der Waals surface area contributed by atoms with Crippen molar-refractivity contribution in [1.29, 1.82) is 0 Å². The average Bonchev–Trinajstić information content (AvgIpc) is 3.85. The smallest absolute Gasteiger partial charge is 0.310 e. The normalized spacial score (nSPS) is 34.3. The lowest BCUT2D eigenvalue weighted by molar-refractivity contribution is -0.368. The Morgan fingerprint density at radius 3 is 2.35 bits per heavy atom. The second-order valence-corrected chi connectivity index (χ2v) is 12.7. The minimum absolute atomic E-state index is 0.0242. The highest BCUT2D eigenvalue weighted by atomic mass is 32.1. The second-order valence-electron chi connectivity index (χ2n) is 11.8. The molecule has 0 bridgehead atoms. The van der Waals surface area contributed by atoms with Crippen molar-refractivity contribution in [3.05, 3.63) is 63.3 Å². The molecule has 3 N–H and O–H groups in total. The first-order chi connectivity index (χ1) is 22.4. The van der Waals surface area contributed by atoms with Gasteiger partial charge in [-0.2, -0.15) is 0 Å². The van der Waals surface area contributed by atoms with Crippen molar-refractivity contribution in [2.45, 2.75) is 49.0 Å². The van der Waals surface area contributed by atoms with Crippen molar-refractivity contribution in [1.82, 2.24) is 0 Å². The third kappa shape index (κ3) is 4.70. The number of cyclic esters (lactones) is 1. The Balaban J connectivity index is 1.16. The van der Waals surface area contributed by atoms with Gasteiger partial charge in [-0.3, -0.25) is 4.79 Å². The third-order valence-corrected chi connectivity index (χ3v) is 10.3. The van der Waals surface area contributed by atoms with E-state index < -0.39 is 66.8 Å². The first-order valence-corrected chi connectivity index (χ1v) is 15.8. The molecule has 0 amide bonds. The van der Waals surface area contributed by atoms with Crippen LogP contribution in [-0.4, -0.2) is 86.2 Å². The summed E-state index contributed by atoms with van der Waals surface area (Å²) >= 11 is 1.46. The molecule has 13 nitrogen and oxygen atoms in total. The number of phenolic OH excluding ortho intramolecular Hbond substituents is 1. The van der Waals surface area contributed by atoms with Crippen LogP contribution in [-0.2, 0) is 28.5 Å². The Hall–Kier alpha value is -3.63. The number of benzene rings is 2. The quantitative estimate of drug-likeness (QED) is 0.333. The first-order valence-electron chi connectivity index (χ1n) is 14.9. The lowest BCUT2D eigenvalue weighted by Gasteiger charge is -2.48. The maximum Gasteiger partial charge on any atom is 0.310 e. The number of esters is 1. The van der Waals surface area contributed by atoms with Gasteiger partial charge >= 0.3 is 5.97 Å². The van der Waals surface area contributed by atoms with Gasteiger partial charge in [-0.15, -0.1) is 11.3 Å². The van der Waals surface area contributed by atoms with Gasteiger partial charge in [-0.25, -0.2) is 0 Å². The van der Waals surface area contributed by atoms with Gasteiger partial charge in [0.05, 0.1) is 44.3 Å². The lowest BCUT2D eigenvalue weighted by atomic mass is 9.66. The van der Waals surface area contributed by atoms with Gasteiger partial charge in [0.25, 0.3) is 0 Å². The summed E-state index contributed by atoms with van der Waals surface area (Å²) < 4.78 is 52.6. The van der Waals surface area contributed by atoms with Crippen LogP contribution in [0.3, 0.4) is 0 Å². The number of thiophene rings is 1. The van der Waals surface area contributed by atoms with Crippen LogP contribution in [0.25, 0.3) is 0 Å². The number of carbonyl (C=O) groups excluding carboxylic acids is 1. The van der Waals surface area contributed by atoms with E-state index in [1.165, 1.54) is 25.6 Å². The van der Waals surface area contributed by atoms with E-state index >= 15 is 0 Å². The molecule has 8 rings (SSSR count). The number of carbonyl (C=O) groups is 1. The molecule has 3 aromatic rings. The van der Waals surface area contributed by atoms with Gasteiger partial charge in [0.2, 0.25) is 12.5 Å². The standard InChI is InChI=1S/C32H32O13S/c1-37-19-6-13(7-20(38-2)25(19)33)23-14-8-17-18(42-12-41-17)9-15(14)28(16-10-39-30(36)24(16)23)44-32-27(35)26(34)29-21(43-32)11-40-31(45-29)22-4-3-5-46-22/h3-9,16,21,23-24,26-29,31-35H,10-12H2,1-2H3/t16-,21+,23+,24-,26+,27+,28+,29-,31-,32-/m0/s1. The largest absolute Gasteiger partial charge is 0.502 e. The second kappa shape index (κ2) is 11.6. The van der Waals surface area contributed by atoms with Crippen LogP contribution in [0.2, 0.25) is 0 Å². The number of ether oxygens (including phenoxy) is 9. The molecule has 0 saturated carbocycles. The molecule has 2 aromatic carbocycles. The van der Waals surface area contributed by atoms with Crippen molar-refractivity contribution >= 4 is 17.3 Å². The molecule has 14 heteroatoms. The highest BCUT2D eigenvalue weighted by Crippen LogP contribution is 2.57. The summed E-state index contributed by atoms with van der Waals surface area (Å²) in [6.07, 6.45) is -7.16. The van der Waals surface area contributed by atoms with Gasteiger partial charge in [0.1, 0.15) is 24.4 Å². The van der Waals surface area contributed by atoms with Gasteiger partial charge in [0, 0.05) is 11.8 Å². The minimum Gasteiger partial charge on any atom is -0.502 e. The number of aliphatic hydroxyl groups excluding tert-OH is 2. The van der Waals surface area contributed by atoms with Crippen molar-refractivity contribution in [3.8, 4) is 28.7 Å². The number of methoxy groups -OCH3 is 2. The zero-order valence-electron chi connectivity index (χ0n) is 24.8. The van der Waals surface area contributed by atoms with E-state index in [1.807, 2.05) is 23.6 Å². The Morgan fingerprint density at radius 2 is 1.65 bits per heavy atom. The fourth-order valence-corrected chi connectivity index (χ4v) is 7.89. The first kappa shape index (κ1) is 29.8. The molecular weight excluding hydrogens is 624 g/mol. The molecule has 244 valence electrons. The summed E-state index contributed by atoms with van der Waals surface area (Å²) in [6, 6.07) is 10.7. The van der Waals surface area contributed by atoms with Gasteiger partial charge in [0.15, 0.2) is 35.6 Å². The summed E-state index contributed by atoms with van der Waals surface area (Å²) in [7, 11) is 2.86. The van der Waals surface area contributed by atoms with Gasteiger partial charge < -0.3 is 58.0 Å². The molecule has 3 saturated heterocycles. The predicted molar refractivity (Wildman–Crippen MR) is 156 cm³/mol. The Morgan fingerprint density at radius 1 is 0.913 bits per heavy atom. The summed E-state index contributed by atoms with van der Waals surface area (Å²) in [5.41, 5.74) is 2.00. The molecule has 0 radical (unpaired) electrons. The Labute approximate surface area is 267 Å². The fraction of sp³-hybridized carbons (Fsp3) is 0.469. The van der Waals surface area contributed by atoms with Crippen LogP contribution in [0.15, 0.2) is 41.8 Å². The molecule has 0 unspecified atom stereocenters. The van der Waals surface area contributed by atoms with Crippen molar-refractivity contribution < 1.29 is 62.7 Å². The van der Waals surface area contributed by atoms with Crippen LogP contribution < -0.4 is 18.9 Å². The van der Waals surface area contributed by atoms with E-state index in [2.05, 4.69) is 0 Å². The molecule has 1 aliphatic carbocycles. The summed E-state index contributed by atoms with van der Waals surface area (Å²) in [5, 5.41) is 35.0. The zero-order chi connectivity index (χ0) is 31.7. The van der Waals surface area contributed by atoms with E-state index in [9.17, 15) is 20.1 Å². The van der Waals surface area contributed by atoms with Crippen LogP contribution in [0.5, 0.6) is 28.7 Å². The summed E-state index contributed by atoms with van der Waals surface area (Å²) in [5.74, 6) is -1.08. The Bertz CT molecular complexity index is 1600. The van der Waals surface area contributed by atoms with E-state index in [1.54, 1.807) is 18.2 Å². The monoisotopic (exact) mass is 656 g/mol. The van der Waals surface area contributed by atoms with Crippen LogP contribution in [0.1, 0.15) is 39.9 Å². The van der Waals surface area contributed by atoms with E-state index in [0.717, 1.165) is 4.88 Å². The van der Waals surface area contributed by atoms with E-state index in [0.29, 0.717) is 28.2 Å². The van der Waals surface area contributed by atoms with E-state index in [-0.39, 0.29) is 37.3 Å². The fourth-order valence-electron chi connectivity index (χ4n) is 7.18. The number of hydrogen-bond donors (Lipinski definition) is 3. The number of rotatable bonds is 6. The minimum atomic E-state index is -1.47. The number of phenols is 1. The van der Waals surface area contributed by atoms with Gasteiger partial charge in [-0.1, -0.05) is 6.07 Å².